The highest BCUT2D eigenvalue weighted by molar-refractivity contribution is 6.50. The molecule has 0 unspecified atom stereocenters. The molecule has 0 spiro atoms. The Balaban J connectivity index is 1.98. The van der Waals surface area contributed by atoms with Crippen LogP contribution in [0.1, 0.15) is 25.2 Å². The van der Waals surface area contributed by atoms with E-state index in [1.54, 1.807) is 18.2 Å². The maximum atomic E-state index is 12.5. The van der Waals surface area contributed by atoms with Crippen molar-refractivity contribution in [1.82, 2.24) is 9.97 Å². The van der Waals surface area contributed by atoms with Gasteiger partial charge in [0.15, 0.2) is 17.3 Å². The molecule has 1 heterocycles. The standard InChI is InChI=1S/C21H21ClN2O4/c1-12(2)28-14-7-5-13(6-8-14)9-16(22)20-23-17-11-19(27-4)18(26-3)10-15(17)21(25)24-20/h5-12H,1-4H3,(H,23,24,25)/b16-9-. The number of nitrogens with one attached hydrogen (secondary N) is 1. The minimum atomic E-state index is -0.312. The van der Waals surface area contributed by atoms with Crippen molar-refractivity contribution in [1.29, 1.82) is 0 Å². The van der Waals surface area contributed by atoms with E-state index in [-0.39, 0.29) is 17.5 Å². The summed E-state index contributed by atoms with van der Waals surface area (Å²) in [5.41, 5.74) is 1.01. The van der Waals surface area contributed by atoms with E-state index >= 15 is 0 Å². The first-order valence-corrected chi connectivity index (χ1v) is 9.09. The topological polar surface area (TPSA) is 73.4 Å². The van der Waals surface area contributed by atoms with Gasteiger partial charge in [0.05, 0.1) is 36.3 Å². The average Bonchev–Trinajstić information content (AvgIpc) is 2.68. The Hall–Kier alpha value is -2.99. The van der Waals surface area contributed by atoms with Crippen LogP contribution in [0.3, 0.4) is 0 Å². The molecule has 0 saturated heterocycles. The highest BCUT2D eigenvalue weighted by Crippen LogP contribution is 2.30. The van der Waals surface area contributed by atoms with Crippen LogP contribution in [0.2, 0.25) is 0 Å². The number of H-pyrrole nitrogens is 1. The molecule has 0 atom stereocenters. The van der Waals surface area contributed by atoms with Gasteiger partial charge in [0.25, 0.3) is 5.56 Å². The number of rotatable bonds is 6. The number of methoxy groups -OCH3 is 2. The maximum absolute atomic E-state index is 12.5. The van der Waals surface area contributed by atoms with Crippen LogP contribution in [0.4, 0.5) is 0 Å². The molecule has 3 rings (SSSR count). The zero-order valence-corrected chi connectivity index (χ0v) is 16.8. The molecule has 0 fully saturated rings. The summed E-state index contributed by atoms with van der Waals surface area (Å²) in [5, 5.41) is 0.701. The minimum Gasteiger partial charge on any atom is -0.493 e. The number of fused-ring (bicyclic) bond motifs is 1. The van der Waals surface area contributed by atoms with Crippen LogP contribution in [0.5, 0.6) is 17.2 Å². The smallest absolute Gasteiger partial charge is 0.259 e. The summed E-state index contributed by atoms with van der Waals surface area (Å²) in [5.74, 6) is 2.00. The van der Waals surface area contributed by atoms with Crippen LogP contribution in [0, 0.1) is 0 Å². The van der Waals surface area contributed by atoms with E-state index < -0.39 is 0 Å². The van der Waals surface area contributed by atoms with Gasteiger partial charge in [-0.25, -0.2) is 4.98 Å². The van der Waals surface area contributed by atoms with Crippen molar-refractivity contribution >= 4 is 33.6 Å². The predicted octanol–water partition coefficient (Wildman–Crippen LogP) is 4.46. The zero-order chi connectivity index (χ0) is 20.3. The van der Waals surface area contributed by atoms with Gasteiger partial charge >= 0.3 is 0 Å². The van der Waals surface area contributed by atoms with Crippen LogP contribution in [0.25, 0.3) is 22.0 Å². The molecule has 3 aromatic rings. The van der Waals surface area contributed by atoms with E-state index in [1.165, 1.54) is 14.2 Å². The molecule has 0 saturated carbocycles. The number of halogens is 1. The van der Waals surface area contributed by atoms with Crippen molar-refractivity contribution in [3.63, 3.8) is 0 Å². The third kappa shape index (κ3) is 4.28. The first-order valence-electron chi connectivity index (χ1n) is 8.71. The number of hydrogen-bond acceptors (Lipinski definition) is 5. The maximum Gasteiger partial charge on any atom is 0.259 e. The van der Waals surface area contributed by atoms with E-state index in [9.17, 15) is 4.79 Å². The molecular weight excluding hydrogens is 380 g/mol. The lowest BCUT2D eigenvalue weighted by Gasteiger charge is -2.10. The normalized spacial score (nSPS) is 11.7. The van der Waals surface area contributed by atoms with Gasteiger partial charge in [-0.15, -0.1) is 0 Å². The van der Waals surface area contributed by atoms with E-state index in [2.05, 4.69) is 9.97 Å². The van der Waals surface area contributed by atoms with Crippen LogP contribution in [-0.2, 0) is 0 Å². The zero-order valence-electron chi connectivity index (χ0n) is 16.1. The summed E-state index contributed by atoms with van der Waals surface area (Å²) in [4.78, 5) is 19.6. The van der Waals surface area contributed by atoms with Gasteiger partial charge in [0.2, 0.25) is 0 Å². The molecule has 7 heteroatoms. The van der Waals surface area contributed by atoms with E-state index in [0.29, 0.717) is 27.4 Å². The van der Waals surface area contributed by atoms with E-state index in [4.69, 9.17) is 25.8 Å². The van der Waals surface area contributed by atoms with Crippen molar-refractivity contribution < 1.29 is 14.2 Å². The largest absolute Gasteiger partial charge is 0.493 e. The Morgan fingerprint density at radius 3 is 2.36 bits per heavy atom. The summed E-state index contributed by atoms with van der Waals surface area (Å²) < 4.78 is 16.1. The summed E-state index contributed by atoms with van der Waals surface area (Å²) >= 11 is 6.41. The van der Waals surface area contributed by atoms with Gasteiger partial charge in [-0.05, 0) is 43.7 Å². The highest BCUT2D eigenvalue weighted by atomic mass is 35.5. The van der Waals surface area contributed by atoms with E-state index in [0.717, 1.165) is 11.3 Å². The van der Waals surface area contributed by atoms with Gasteiger partial charge in [-0.2, -0.15) is 0 Å². The molecule has 0 radical (unpaired) electrons. The lowest BCUT2D eigenvalue weighted by molar-refractivity contribution is 0.242. The summed E-state index contributed by atoms with van der Waals surface area (Å²) in [6.07, 6.45) is 1.83. The predicted molar refractivity (Wildman–Crippen MR) is 111 cm³/mol. The average molecular weight is 401 g/mol. The quantitative estimate of drug-likeness (QED) is 0.661. The molecule has 2 aromatic carbocycles. The van der Waals surface area contributed by atoms with Crippen molar-refractivity contribution in [2.45, 2.75) is 20.0 Å². The Kier molecular flexibility index (Phi) is 5.90. The minimum absolute atomic E-state index is 0.104. The number of hydrogen-bond donors (Lipinski definition) is 1. The fourth-order valence-corrected chi connectivity index (χ4v) is 2.92. The number of ether oxygens (including phenoxy) is 3. The second kappa shape index (κ2) is 8.35. The Morgan fingerprint density at radius 1 is 1.11 bits per heavy atom. The highest BCUT2D eigenvalue weighted by Gasteiger charge is 2.12. The SMILES string of the molecule is COc1cc2nc(/C(Cl)=C/c3ccc(OC(C)C)cc3)[nH]c(=O)c2cc1OC. The summed E-state index contributed by atoms with van der Waals surface area (Å²) in [6, 6.07) is 10.7. The van der Waals surface area contributed by atoms with Crippen LogP contribution in [0.15, 0.2) is 41.2 Å². The second-order valence-corrected chi connectivity index (χ2v) is 6.77. The van der Waals surface area contributed by atoms with Crippen molar-refractivity contribution in [2.24, 2.45) is 0 Å². The number of aromatic amines is 1. The van der Waals surface area contributed by atoms with E-state index in [1.807, 2.05) is 38.1 Å². The van der Waals surface area contributed by atoms with Crippen molar-refractivity contribution in [3.8, 4) is 17.2 Å². The van der Waals surface area contributed by atoms with Crippen molar-refractivity contribution in [2.75, 3.05) is 14.2 Å². The molecule has 0 aliphatic carbocycles. The molecule has 1 aromatic heterocycles. The fraction of sp³-hybridized carbons (Fsp3) is 0.238. The van der Waals surface area contributed by atoms with Gasteiger partial charge in [0.1, 0.15) is 5.75 Å². The Labute approximate surface area is 167 Å². The molecule has 0 aliphatic heterocycles. The van der Waals surface area contributed by atoms with Crippen LogP contribution in [-0.4, -0.2) is 30.3 Å². The molecule has 28 heavy (non-hydrogen) atoms. The Morgan fingerprint density at radius 2 is 1.75 bits per heavy atom. The lowest BCUT2D eigenvalue weighted by Crippen LogP contribution is -2.11. The molecule has 1 N–H and O–H groups in total. The van der Waals surface area contributed by atoms with Gasteiger partial charge < -0.3 is 19.2 Å². The molecule has 146 valence electrons. The molecule has 0 bridgehead atoms. The number of nitrogens with zero attached hydrogens (tertiary/aromatic N) is 1. The monoisotopic (exact) mass is 400 g/mol. The van der Waals surface area contributed by atoms with Gasteiger partial charge in [0, 0.05) is 6.07 Å². The van der Waals surface area contributed by atoms with Gasteiger partial charge in [-0.1, -0.05) is 23.7 Å². The van der Waals surface area contributed by atoms with Gasteiger partial charge in [-0.3, -0.25) is 4.79 Å². The fourth-order valence-electron chi connectivity index (χ4n) is 2.71. The number of benzene rings is 2. The third-order valence-electron chi connectivity index (χ3n) is 3.98. The summed E-state index contributed by atoms with van der Waals surface area (Å²) in [6.45, 7) is 3.94. The third-order valence-corrected chi connectivity index (χ3v) is 4.27. The molecule has 0 aliphatic rings. The number of aromatic nitrogens is 2. The molecule has 6 nitrogen and oxygen atoms in total. The first kappa shape index (κ1) is 19.8. The second-order valence-electron chi connectivity index (χ2n) is 6.37. The molecule has 0 amide bonds. The Bertz CT molecular complexity index is 1070. The van der Waals surface area contributed by atoms with Crippen LogP contribution < -0.4 is 19.8 Å². The van der Waals surface area contributed by atoms with Crippen LogP contribution >= 0.6 is 11.6 Å². The molecular formula is C21H21ClN2O4. The summed E-state index contributed by atoms with van der Waals surface area (Å²) in [7, 11) is 3.04. The first-order chi connectivity index (χ1) is 13.4. The lowest BCUT2D eigenvalue weighted by atomic mass is 10.2. The van der Waals surface area contributed by atoms with Crippen molar-refractivity contribution in [3.05, 3.63) is 58.1 Å².